The van der Waals surface area contributed by atoms with Crippen molar-refractivity contribution >= 4 is 10.0 Å². The minimum atomic E-state index is -3.53. The third-order valence-corrected chi connectivity index (χ3v) is 4.42. The van der Waals surface area contributed by atoms with Crippen molar-refractivity contribution in [3.8, 4) is 0 Å². The van der Waals surface area contributed by atoms with Gasteiger partial charge in [0.1, 0.15) is 0 Å². The van der Waals surface area contributed by atoms with Crippen molar-refractivity contribution in [2.24, 2.45) is 0 Å². The van der Waals surface area contributed by atoms with Crippen molar-refractivity contribution in [1.82, 2.24) is 4.31 Å². The summed E-state index contributed by atoms with van der Waals surface area (Å²) in [5.41, 5.74) is 1.01. The van der Waals surface area contributed by atoms with Crippen molar-refractivity contribution in [2.75, 3.05) is 19.7 Å². The molecule has 0 aliphatic rings. The highest BCUT2D eigenvalue weighted by atomic mass is 32.2. The van der Waals surface area contributed by atoms with Crippen molar-refractivity contribution in [1.29, 1.82) is 0 Å². The van der Waals surface area contributed by atoms with Crippen molar-refractivity contribution in [3.63, 3.8) is 0 Å². The summed E-state index contributed by atoms with van der Waals surface area (Å²) in [5, 5.41) is 8.68. The van der Waals surface area contributed by atoms with Crippen LogP contribution in [-0.2, 0) is 10.0 Å². The fourth-order valence-electron chi connectivity index (χ4n) is 1.54. The van der Waals surface area contributed by atoms with Crippen LogP contribution in [0.25, 0.3) is 0 Å². The molecule has 0 heterocycles. The van der Waals surface area contributed by atoms with E-state index in [0.29, 0.717) is 0 Å². The maximum absolute atomic E-state index is 12.4. The Hall–Kier alpha value is -1.43. The number of hydrogen-bond acceptors (Lipinski definition) is 3. The third kappa shape index (κ3) is 4.31. The first-order chi connectivity index (χ1) is 9.02. The van der Waals surface area contributed by atoms with E-state index in [2.05, 4.69) is 6.58 Å². The summed E-state index contributed by atoms with van der Waals surface area (Å²) in [7, 11) is -3.53. The average molecular weight is 281 g/mol. The van der Waals surface area contributed by atoms with Crippen LogP contribution in [0.2, 0.25) is 0 Å². The van der Waals surface area contributed by atoms with Gasteiger partial charge in [-0.25, -0.2) is 8.42 Å². The molecule has 5 heteroatoms. The van der Waals surface area contributed by atoms with Gasteiger partial charge in [-0.3, -0.25) is 0 Å². The lowest BCUT2D eigenvalue weighted by molar-refractivity contribution is 0.342. The first-order valence-electron chi connectivity index (χ1n) is 5.96. The molecule has 1 aromatic rings. The molecule has 0 aliphatic heterocycles. The first kappa shape index (κ1) is 15.6. The van der Waals surface area contributed by atoms with E-state index in [9.17, 15) is 8.42 Å². The Kier molecular flexibility index (Phi) is 5.95. The Morgan fingerprint density at radius 3 is 2.37 bits per heavy atom. The highest BCUT2D eigenvalue weighted by Crippen LogP contribution is 2.16. The van der Waals surface area contributed by atoms with Crippen molar-refractivity contribution in [3.05, 3.63) is 54.6 Å². The van der Waals surface area contributed by atoms with Gasteiger partial charge in [-0.05, 0) is 19.1 Å². The summed E-state index contributed by atoms with van der Waals surface area (Å²) in [4.78, 5) is 0.261. The molecule has 1 rings (SSSR count). The Morgan fingerprint density at radius 2 is 1.84 bits per heavy atom. The molecule has 0 radical (unpaired) electrons. The molecule has 0 aliphatic carbocycles. The van der Waals surface area contributed by atoms with Gasteiger partial charge in [-0.1, -0.05) is 35.9 Å². The van der Waals surface area contributed by atoms with Crippen LogP contribution >= 0.6 is 0 Å². The van der Waals surface area contributed by atoms with Gasteiger partial charge in [0, 0.05) is 13.1 Å². The molecular weight excluding hydrogens is 262 g/mol. The van der Waals surface area contributed by atoms with Crippen LogP contribution in [0.5, 0.6) is 0 Å². The van der Waals surface area contributed by atoms with Gasteiger partial charge in [0.05, 0.1) is 11.5 Å². The molecule has 0 atom stereocenters. The highest BCUT2D eigenvalue weighted by molar-refractivity contribution is 7.89. The maximum Gasteiger partial charge on any atom is 0.243 e. The van der Waals surface area contributed by atoms with Crippen molar-refractivity contribution < 1.29 is 13.5 Å². The Morgan fingerprint density at radius 1 is 1.21 bits per heavy atom. The number of aliphatic hydroxyl groups excluding tert-OH is 1. The molecule has 1 N–H and O–H groups in total. The summed E-state index contributed by atoms with van der Waals surface area (Å²) >= 11 is 0. The number of rotatable bonds is 7. The summed E-state index contributed by atoms with van der Waals surface area (Å²) in [6.45, 7) is 5.81. The van der Waals surface area contributed by atoms with E-state index >= 15 is 0 Å². The van der Waals surface area contributed by atoms with Gasteiger partial charge in [0.25, 0.3) is 0 Å². The summed E-state index contributed by atoms with van der Waals surface area (Å²) < 4.78 is 26.1. The van der Waals surface area contributed by atoms with Crippen LogP contribution in [0, 0.1) is 6.92 Å². The lowest BCUT2D eigenvalue weighted by Crippen LogP contribution is -2.31. The SMILES string of the molecule is C=CCN(C/C=C/CO)S(=O)(=O)c1ccc(C)cc1. The van der Waals surface area contributed by atoms with Crippen LogP contribution in [-0.4, -0.2) is 37.5 Å². The Labute approximate surface area is 114 Å². The molecule has 104 valence electrons. The second-order valence-electron chi connectivity index (χ2n) is 4.08. The molecule has 0 aromatic heterocycles. The van der Waals surface area contributed by atoms with Gasteiger partial charge < -0.3 is 5.11 Å². The molecule has 0 amide bonds. The van der Waals surface area contributed by atoms with Gasteiger partial charge >= 0.3 is 0 Å². The molecule has 0 unspecified atom stereocenters. The quantitative estimate of drug-likeness (QED) is 0.774. The summed E-state index contributed by atoms with van der Waals surface area (Å²) in [6.07, 6.45) is 4.68. The molecule has 1 aromatic carbocycles. The van der Waals surface area contributed by atoms with E-state index in [0.717, 1.165) is 5.56 Å². The Bertz CT molecular complexity index is 532. The number of nitrogens with zero attached hydrogens (tertiary/aromatic N) is 1. The lowest BCUT2D eigenvalue weighted by Gasteiger charge is -2.19. The van der Waals surface area contributed by atoms with Crippen LogP contribution in [0.1, 0.15) is 5.56 Å². The molecule has 0 bridgehead atoms. The number of benzene rings is 1. The number of sulfonamides is 1. The third-order valence-electron chi connectivity index (χ3n) is 2.57. The van der Waals surface area contributed by atoms with E-state index in [-0.39, 0.29) is 24.6 Å². The summed E-state index contributed by atoms with van der Waals surface area (Å²) in [6, 6.07) is 6.72. The second-order valence-corrected chi connectivity index (χ2v) is 6.02. The molecule has 0 saturated carbocycles. The van der Waals surface area contributed by atoms with E-state index < -0.39 is 10.0 Å². The van der Waals surface area contributed by atoms with Crippen LogP contribution in [0.15, 0.2) is 54.0 Å². The number of aliphatic hydroxyl groups is 1. The maximum atomic E-state index is 12.4. The van der Waals surface area contributed by atoms with Gasteiger partial charge in [-0.2, -0.15) is 4.31 Å². The molecule has 0 saturated heterocycles. The molecule has 19 heavy (non-hydrogen) atoms. The highest BCUT2D eigenvalue weighted by Gasteiger charge is 2.21. The second kappa shape index (κ2) is 7.23. The summed E-state index contributed by atoms with van der Waals surface area (Å²) in [5.74, 6) is 0. The monoisotopic (exact) mass is 281 g/mol. The minimum absolute atomic E-state index is 0.105. The topological polar surface area (TPSA) is 57.6 Å². The first-order valence-corrected chi connectivity index (χ1v) is 7.40. The van der Waals surface area contributed by atoms with Crippen LogP contribution in [0.3, 0.4) is 0 Å². The Balaban J connectivity index is 3.01. The van der Waals surface area contributed by atoms with Gasteiger partial charge in [0.15, 0.2) is 0 Å². The molecular formula is C14H19NO3S. The van der Waals surface area contributed by atoms with E-state index in [1.54, 1.807) is 36.4 Å². The van der Waals surface area contributed by atoms with Gasteiger partial charge in [-0.15, -0.1) is 6.58 Å². The average Bonchev–Trinajstić information content (AvgIpc) is 2.38. The van der Waals surface area contributed by atoms with Crippen molar-refractivity contribution in [2.45, 2.75) is 11.8 Å². The van der Waals surface area contributed by atoms with E-state index in [1.807, 2.05) is 6.92 Å². The zero-order chi connectivity index (χ0) is 14.3. The molecule has 0 fully saturated rings. The normalized spacial score (nSPS) is 12.2. The predicted molar refractivity (Wildman–Crippen MR) is 76.4 cm³/mol. The standard InChI is InChI=1S/C14H19NO3S/c1-3-10-15(11-4-5-12-16)19(17,18)14-8-6-13(2)7-9-14/h3-9,16H,1,10-12H2,2H3/b5-4+. The van der Waals surface area contributed by atoms with E-state index in [1.165, 1.54) is 10.4 Å². The van der Waals surface area contributed by atoms with Crippen LogP contribution < -0.4 is 0 Å². The predicted octanol–water partition coefficient (Wildman–Crippen LogP) is 1.72. The molecule has 0 spiro atoms. The minimum Gasteiger partial charge on any atom is -0.392 e. The zero-order valence-electron chi connectivity index (χ0n) is 11.0. The number of hydrogen-bond donors (Lipinski definition) is 1. The van der Waals surface area contributed by atoms with E-state index in [4.69, 9.17) is 5.11 Å². The van der Waals surface area contributed by atoms with Crippen LogP contribution in [0.4, 0.5) is 0 Å². The fourth-order valence-corrected chi connectivity index (χ4v) is 2.90. The van der Waals surface area contributed by atoms with Gasteiger partial charge in [0.2, 0.25) is 10.0 Å². The fraction of sp³-hybridized carbons (Fsp3) is 0.286. The lowest BCUT2D eigenvalue weighted by atomic mass is 10.2. The smallest absolute Gasteiger partial charge is 0.243 e. The zero-order valence-corrected chi connectivity index (χ0v) is 11.8. The molecule has 4 nitrogen and oxygen atoms in total. The number of aryl methyl sites for hydroxylation is 1. The largest absolute Gasteiger partial charge is 0.392 e.